The van der Waals surface area contributed by atoms with Crippen LogP contribution in [0, 0.1) is 0 Å². The number of hydrogen-bond acceptors (Lipinski definition) is 7. The largest absolute Gasteiger partial charge is 0.496 e. The monoisotopic (exact) mass is 508 g/mol. The van der Waals surface area contributed by atoms with Crippen LogP contribution >= 0.6 is 0 Å². The molecule has 3 aromatic carbocycles. The number of amides is 1. The van der Waals surface area contributed by atoms with Crippen molar-refractivity contribution in [1.82, 2.24) is 15.1 Å². The van der Waals surface area contributed by atoms with Gasteiger partial charge in [0.25, 0.3) is 5.91 Å². The van der Waals surface area contributed by atoms with Crippen molar-refractivity contribution in [3.8, 4) is 22.8 Å². The molecule has 1 aliphatic heterocycles. The molecule has 1 amide bonds. The fourth-order valence-corrected chi connectivity index (χ4v) is 4.37. The van der Waals surface area contributed by atoms with Gasteiger partial charge in [-0.3, -0.25) is 9.59 Å². The highest BCUT2D eigenvalue weighted by Crippen LogP contribution is 2.28. The summed E-state index contributed by atoms with van der Waals surface area (Å²) < 4.78 is 11.1. The molecule has 0 N–H and O–H groups in total. The van der Waals surface area contributed by atoms with Gasteiger partial charge in [0.15, 0.2) is 18.2 Å². The number of ketones is 1. The van der Waals surface area contributed by atoms with E-state index < -0.39 is 0 Å². The van der Waals surface area contributed by atoms with Crippen molar-refractivity contribution in [2.24, 2.45) is 0 Å². The smallest absolute Gasteiger partial charge is 0.260 e. The van der Waals surface area contributed by atoms with Gasteiger partial charge >= 0.3 is 0 Å². The Morgan fingerprint density at radius 2 is 1.45 bits per heavy atom. The number of benzene rings is 3. The zero-order valence-corrected chi connectivity index (χ0v) is 21.1. The van der Waals surface area contributed by atoms with Gasteiger partial charge in [0.05, 0.1) is 12.8 Å². The number of carbonyl (C=O) groups excluding carboxylic acids is 2. The molecule has 4 aromatic rings. The van der Waals surface area contributed by atoms with Crippen molar-refractivity contribution in [2.75, 3.05) is 44.8 Å². The second kappa shape index (κ2) is 11.6. The topological polar surface area (TPSA) is 84.9 Å². The van der Waals surface area contributed by atoms with Crippen LogP contribution in [-0.4, -0.2) is 66.7 Å². The number of hydrogen-bond donors (Lipinski definition) is 0. The molecule has 0 unspecified atom stereocenters. The van der Waals surface area contributed by atoms with E-state index in [4.69, 9.17) is 9.47 Å². The Kier molecular flexibility index (Phi) is 7.59. The Bertz CT molecular complexity index is 1380. The Labute approximate surface area is 221 Å². The van der Waals surface area contributed by atoms with Crippen molar-refractivity contribution >= 4 is 17.5 Å². The van der Waals surface area contributed by atoms with Crippen molar-refractivity contribution in [2.45, 2.75) is 0 Å². The van der Waals surface area contributed by atoms with Gasteiger partial charge in [-0.25, -0.2) is 0 Å². The number of carbonyl (C=O) groups is 2. The third-order valence-corrected chi connectivity index (χ3v) is 6.50. The van der Waals surface area contributed by atoms with Gasteiger partial charge in [0.2, 0.25) is 0 Å². The van der Waals surface area contributed by atoms with Crippen LogP contribution in [0.3, 0.4) is 0 Å². The summed E-state index contributed by atoms with van der Waals surface area (Å²) in [5.41, 5.74) is 2.84. The van der Waals surface area contributed by atoms with Gasteiger partial charge in [-0.05, 0) is 48.5 Å². The molecular weight excluding hydrogens is 480 g/mol. The van der Waals surface area contributed by atoms with Crippen LogP contribution in [0.5, 0.6) is 11.5 Å². The third-order valence-electron chi connectivity index (χ3n) is 6.50. The molecule has 8 heteroatoms. The van der Waals surface area contributed by atoms with E-state index in [2.05, 4.69) is 15.1 Å². The summed E-state index contributed by atoms with van der Waals surface area (Å²) in [6, 6.07) is 27.6. The van der Waals surface area contributed by atoms with Gasteiger partial charge in [-0.1, -0.05) is 42.5 Å². The molecule has 2 heterocycles. The molecule has 1 saturated heterocycles. The normalized spacial score (nSPS) is 13.2. The van der Waals surface area contributed by atoms with Crippen LogP contribution in [-0.2, 0) is 4.79 Å². The summed E-state index contributed by atoms with van der Waals surface area (Å²) in [7, 11) is 1.64. The standard InChI is InChI=1S/C30H28N4O4/c1-37-27-10-6-5-9-25(27)26-15-16-28(32-31-26)33-17-19-34(20-18-33)29(35)21-38-24-13-11-23(12-14-24)30(36)22-7-3-2-4-8-22/h2-16H,17-21H2,1H3. The minimum atomic E-state index is -0.0771. The number of rotatable bonds is 8. The Morgan fingerprint density at radius 3 is 2.13 bits per heavy atom. The van der Waals surface area contributed by atoms with Crippen LogP contribution in [0.1, 0.15) is 15.9 Å². The molecule has 192 valence electrons. The number of piperazine rings is 1. The van der Waals surface area contributed by atoms with E-state index in [1.807, 2.05) is 54.6 Å². The molecule has 0 radical (unpaired) electrons. The highest BCUT2D eigenvalue weighted by molar-refractivity contribution is 6.09. The van der Waals surface area contributed by atoms with Gasteiger partial charge in [0.1, 0.15) is 11.5 Å². The zero-order chi connectivity index (χ0) is 26.3. The van der Waals surface area contributed by atoms with Gasteiger partial charge < -0.3 is 19.3 Å². The first-order valence-electron chi connectivity index (χ1n) is 12.4. The predicted octanol–water partition coefficient (Wildman–Crippen LogP) is 4.11. The summed E-state index contributed by atoms with van der Waals surface area (Å²) in [5, 5.41) is 8.80. The minimum absolute atomic E-state index is 0.0507. The van der Waals surface area contributed by atoms with E-state index in [1.165, 1.54) is 0 Å². The van der Waals surface area contributed by atoms with Crippen LogP contribution in [0.15, 0.2) is 91.0 Å². The van der Waals surface area contributed by atoms with Crippen molar-refractivity contribution in [3.63, 3.8) is 0 Å². The average Bonchev–Trinajstić information content (AvgIpc) is 3.00. The first-order chi connectivity index (χ1) is 18.6. The molecule has 0 spiro atoms. The van der Waals surface area contributed by atoms with Crippen LogP contribution < -0.4 is 14.4 Å². The molecule has 1 aromatic heterocycles. The highest BCUT2D eigenvalue weighted by atomic mass is 16.5. The van der Waals surface area contributed by atoms with E-state index in [0.29, 0.717) is 43.1 Å². The van der Waals surface area contributed by atoms with Crippen molar-refractivity contribution < 1.29 is 19.1 Å². The van der Waals surface area contributed by atoms with E-state index in [0.717, 1.165) is 22.8 Å². The number of nitrogens with zero attached hydrogens (tertiary/aromatic N) is 4. The fourth-order valence-electron chi connectivity index (χ4n) is 4.37. The quantitative estimate of drug-likeness (QED) is 0.331. The molecular formula is C30H28N4O4. The molecule has 38 heavy (non-hydrogen) atoms. The SMILES string of the molecule is COc1ccccc1-c1ccc(N2CCN(C(=O)COc3ccc(C(=O)c4ccccc4)cc3)CC2)nn1. The number of ether oxygens (including phenoxy) is 2. The highest BCUT2D eigenvalue weighted by Gasteiger charge is 2.23. The number of para-hydroxylation sites is 1. The zero-order valence-electron chi connectivity index (χ0n) is 21.1. The van der Waals surface area contributed by atoms with Crippen LogP contribution in [0.25, 0.3) is 11.3 Å². The van der Waals surface area contributed by atoms with Gasteiger partial charge in [-0.15, -0.1) is 10.2 Å². The third kappa shape index (κ3) is 5.64. The molecule has 0 bridgehead atoms. The number of anilines is 1. The second-order valence-electron chi connectivity index (χ2n) is 8.85. The maximum absolute atomic E-state index is 12.7. The van der Waals surface area contributed by atoms with Crippen LogP contribution in [0.2, 0.25) is 0 Å². The fraction of sp³-hybridized carbons (Fsp3) is 0.200. The van der Waals surface area contributed by atoms with E-state index in [1.54, 1.807) is 48.4 Å². The Hall–Kier alpha value is -4.72. The average molecular weight is 509 g/mol. The molecule has 0 saturated carbocycles. The van der Waals surface area contributed by atoms with Crippen LogP contribution in [0.4, 0.5) is 5.82 Å². The van der Waals surface area contributed by atoms with E-state index >= 15 is 0 Å². The summed E-state index contributed by atoms with van der Waals surface area (Å²) in [5.74, 6) is 1.95. The molecule has 1 aliphatic rings. The molecule has 5 rings (SSSR count). The number of aromatic nitrogens is 2. The summed E-state index contributed by atoms with van der Waals surface area (Å²) in [6.07, 6.45) is 0. The maximum atomic E-state index is 12.7. The van der Waals surface area contributed by atoms with Gasteiger partial charge in [0, 0.05) is 42.9 Å². The molecule has 1 fully saturated rings. The van der Waals surface area contributed by atoms with E-state index in [-0.39, 0.29) is 18.3 Å². The summed E-state index contributed by atoms with van der Waals surface area (Å²) in [4.78, 5) is 29.2. The Balaban J connectivity index is 1.11. The number of methoxy groups -OCH3 is 1. The summed E-state index contributed by atoms with van der Waals surface area (Å²) in [6.45, 7) is 2.40. The first-order valence-corrected chi connectivity index (χ1v) is 12.4. The van der Waals surface area contributed by atoms with Crippen molar-refractivity contribution in [1.29, 1.82) is 0 Å². The maximum Gasteiger partial charge on any atom is 0.260 e. The van der Waals surface area contributed by atoms with E-state index in [9.17, 15) is 9.59 Å². The molecule has 8 nitrogen and oxygen atoms in total. The lowest BCUT2D eigenvalue weighted by atomic mass is 10.0. The lowest BCUT2D eigenvalue weighted by molar-refractivity contribution is -0.133. The lowest BCUT2D eigenvalue weighted by Gasteiger charge is -2.35. The first kappa shape index (κ1) is 25.0. The molecule has 0 atom stereocenters. The molecule has 0 aliphatic carbocycles. The van der Waals surface area contributed by atoms with Crippen molar-refractivity contribution in [3.05, 3.63) is 102 Å². The summed E-state index contributed by atoms with van der Waals surface area (Å²) >= 11 is 0. The minimum Gasteiger partial charge on any atom is -0.496 e. The van der Waals surface area contributed by atoms with Gasteiger partial charge in [-0.2, -0.15) is 0 Å². The second-order valence-corrected chi connectivity index (χ2v) is 8.85. The lowest BCUT2D eigenvalue weighted by Crippen LogP contribution is -2.50. The predicted molar refractivity (Wildman–Crippen MR) is 145 cm³/mol. The Morgan fingerprint density at radius 1 is 0.763 bits per heavy atom.